The average molecular weight is 575 g/mol. The zero-order valence-corrected chi connectivity index (χ0v) is 19.8. The van der Waals surface area contributed by atoms with Crippen molar-refractivity contribution in [1.82, 2.24) is 15.1 Å². The van der Waals surface area contributed by atoms with E-state index in [1.165, 1.54) is 29.2 Å². The molecule has 2 heterocycles. The van der Waals surface area contributed by atoms with Crippen LogP contribution in [0.5, 0.6) is 0 Å². The van der Waals surface area contributed by atoms with E-state index in [-0.39, 0.29) is 41.9 Å². The second-order valence-corrected chi connectivity index (χ2v) is 8.85. The van der Waals surface area contributed by atoms with Crippen LogP contribution in [0, 0.1) is 0 Å². The maximum Gasteiger partial charge on any atom is 0.471 e. The van der Waals surface area contributed by atoms with E-state index in [0.29, 0.717) is 5.69 Å². The van der Waals surface area contributed by atoms with Gasteiger partial charge in [0.05, 0.1) is 5.69 Å². The van der Waals surface area contributed by atoms with Crippen molar-refractivity contribution in [1.29, 1.82) is 0 Å². The van der Waals surface area contributed by atoms with Crippen molar-refractivity contribution in [2.45, 2.75) is 31.7 Å². The molecule has 0 aliphatic carbocycles. The van der Waals surface area contributed by atoms with Gasteiger partial charge in [-0.05, 0) is 48.7 Å². The number of rotatable bonds is 4. The fourth-order valence-corrected chi connectivity index (χ4v) is 4.23. The minimum absolute atomic E-state index is 0.0429. The topological polar surface area (TPSA) is 67.2 Å². The highest BCUT2D eigenvalue weighted by atomic mass is 79.9. The van der Waals surface area contributed by atoms with Gasteiger partial charge in [0, 0.05) is 28.8 Å². The van der Waals surface area contributed by atoms with Crippen molar-refractivity contribution >= 4 is 33.4 Å². The molecule has 3 aromatic rings. The molecule has 1 aliphatic heterocycles. The number of fused-ring (bicyclic) bond motifs is 1. The molecule has 13 heteroatoms. The summed E-state index contributed by atoms with van der Waals surface area (Å²) in [7, 11) is 0. The molecule has 1 aromatic heterocycles. The minimum Gasteiger partial charge on any atom is -0.344 e. The molecule has 0 spiro atoms. The minimum atomic E-state index is -5.14. The lowest BCUT2D eigenvalue weighted by Crippen LogP contribution is -2.36. The Hall–Kier alpha value is -3.35. The van der Waals surface area contributed by atoms with Gasteiger partial charge in [0.1, 0.15) is 5.69 Å². The second-order valence-electron chi connectivity index (χ2n) is 7.93. The van der Waals surface area contributed by atoms with Crippen LogP contribution < -0.4 is 10.2 Å². The molecule has 0 fully saturated rings. The summed E-state index contributed by atoms with van der Waals surface area (Å²) < 4.78 is 81.3. The molecule has 0 atom stereocenters. The number of hydrogen-bond donors (Lipinski definition) is 1. The van der Waals surface area contributed by atoms with Crippen LogP contribution in [0.25, 0.3) is 5.69 Å². The first-order chi connectivity index (χ1) is 16.9. The quantitative estimate of drug-likeness (QED) is 0.423. The molecule has 1 N–H and O–H groups in total. The van der Waals surface area contributed by atoms with E-state index in [4.69, 9.17) is 0 Å². The largest absolute Gasteiger partial charge is 0.471 e. The number of alkyl halides is 6. The number of anilines is 1. The Kier molecular flexibility index (Phi) is 6.86. The molecule has 2 aromatic carbocycles. The van der Waals surface area contributed by atoms with Gasteiger partial charge in [0.2, 0.25) is 0 Å². The molecule has 36 heavy (non-hydrogen) atoms. The SMILES string of the molecule is O=C1c2c(c(C(F)(F)F)nn2-c2ccccc2CNC(=O)C(F)(F)F)CCCN1c1ccc(Br)cc1. The Bertz CT molecular complexity index is 1300. The number of carbonyl (C=O) groups excluding carboxylic acids is 2. The number of para-hydroxylation sites is 1. The van der Waals surface area contributed by atoms with Crippen molar-refractivity contribution in [3.8, 4) is 5.69 Å². The van der Waals surface area contributed by atoms with Crippen molar-refractivity contribution in [3.63, 3.8) is 0 Å². The van der Waals surface area contributed by atoms with E-state index >= 15 is 0 Å². The van der Waals surface area contributed by atoms with Gasteiger partial charge >= 0.3 is 18.3 Å². The molecule has 6 nitrogen and oxygen atoms in total. The summed E-state index contributed by atoms with van der Waals surface area (Å²) in [4.78, 5) is 26.3. The summed E-state index contributed by atoms with van der Waals surface area (Å²) in [5.74, 6) is -2.94. The van der Waals surface area contributed by atoms with Gasteiger partial charge in [-0.1, -0.05) is 34.1 Å². The van der Waals surface area contributed by atoms with Crippen LogP contribution in [-0.4, -0.2) is 34.3 Å². The van der Waals surface area contributed by atoms with Gasteiger partial charge in [-0.3, -0.25) is 9.59 Å². The Morgan fingerprint density at radius 2 is 1.69 bits per heavy atom. The standard InChI is InChI=1S/C23H17BrF6N4O2/c24-14-7-9-15(10-8-14)33-11-3-5-16-18(20(33)35)34(32-19(16)22(25,26)27)17-6-2-1-4-13(17)12-31-21(36)23(28,29)30/h1-2,4,6-10H,3,5,11-12H2,(H,31,36). The number of nitrogens with one attached hydrogen (secondary N) is 1. The molecule has 0 bridgehead atoms. The predicted molar refractivity (Wildman–Crippen MR) is 121 cm³/mol. The lowest BCUT2D eigenvalue weighted by molar-refractivity contribution is -0.173. The lowest BCUT2D eigenvalue weighted by Gasteiger charge is -2.22. The first-order valence-electron chi connectivity index (χ1n) is 10.6. The fourth-order valence-electron chi connectivity index (χ4n) is 3.96. The lowest BCUT2D eigenvalue weighted by atomic mass is 10.1. The zero-order chi connectivity index (χ0) is 26.3. The first-order valence-corrected chi connectivity index (χ1v) is 11.4. The van der Waals surface area contributed by atoms with E-state index in [9.17, 15) is 35.9 Å². The van der Waals surface area contributed by atoms with Gasteiger partial charge in [0.25, 0.3) is 5.91 Å². The van der Waals surface area contributed by atoms with Crippen LogP contribution in [0.15, 0.2) is 53.0 Å². The zero-order valence-electron chi connectivity index (χ0n) is 18.3. The highest BCUT2D eigenvalue weighted by Crippen LogP contribution is 2.37. The van der Waals surface area contributed by atoms with Gasteiger partial charge in [0.15, 0.2) is 5.69 Å². The third-order valence-corrected chi connectivity index (χ3v) is 6.09. The van der Waals surface area contributed by atoms with Crippen LogP contribution in [0.1, 0.15) is 33.7 Å². The molecule has 0 saturated carbocycles. The summed E-state index contributed by atoms with van der Waals surface area (Å²) >= 11 is 3.30. The first kappa shape index (κ1) is 25.7. The summed E-state index contributed by atoms with van der Waals surface area (Å²) in [6, 6.07) is 12.2. The predicted octanol–water partition coefficient (Wildman–Crippen LogP) is 5.43. The molecule has 190 valence electrons. The molecule has 1 aliphatic rings. The number of amides is 2. The second kappa shape index (κ2) is 9.60. The normalized spacial score (nSPS) is 14.4. The van der Waals surface area contributed by atoms with E-state index in [2.05, 4.69) is 21.0 Å². The van der Waals surface area contributed by atoms with Crippen molar-refractivity contribution in [2.24, 2.45) is 0 Å². The van der Waals surface area contributed by atoms with Gasteiger partial charge in [-0.15, -0.1) is 0 Å². The number of halogens is 7. The molecule has 0 radical (unpaired) electrons. The van der Waals surface area contributed by atoms with Gasteiger partial charge in [-0.2, -0.15) is 31.4 Å². The Labute approximate surface area is 209 Å². The third kappa shape index (κ3) is 5.11. The number of benzene rings is 2. The monoisotopic (exact) mass is 574 g/mol. The summed E-state index contributed by atoms with van der Waals surface area (Å²) in [5.41, 5.74) is -1.42. The number of nitrogens with zero attached hydrogens (tertiary/aromatic N) is 3. The van der Waals surface area contributed by atoms with Crippen molar-refractivity contribution < 1.29 is 35.9 Å². The Morgan fingerprint density at radius 1 is 1.03 bits per heavy atom. The van der Waals surface area contributed by atoms with E-state index in [1.807, 2.05) is 0 Å². The summed E-state index contributed by atoms with van der Waals surface area (Å²) in [6.45, 7) is -0.495. The average Bonchev–Trinajstić information content (AvgIpc) is 3.12. The van der Waals surface area contributed by atoms with E-state index in [1.54, 1.807) is 29.6 Å². The Balaban J connectivity index is 1.84. The van der Waals surface area contributed by atoms with Crippen molar-refractivity contribution in [3.05, 3.63) is 75.5 Å². The van der Waals surface area contributed by atoms with Crippen LogP contribution in [0.2, 0.25) is 0 Å². The molecular weight excluding hydrogens is 558 g/mol. The molecule has 0 unspecified atom stereocenters. The molecular formula is C23H17BrF6N4O2. The van der Waals surface area contributed by atoms with Crippen LogP contribution in [0.3, 0.4) is 0 Å². The van der Waals surface area contributed by atoms with E-state index < -0.39 is 36.4 Å². The Morgan fingerprint density at radius 3 is 2.33 bits per heavy atom. The number of aromatic nitrogens is 2. The highest BCUT2D eigenvalue weighted by Gasteiger charge is 2.43. The van der Waals surface area contributed by atoms with Gasteiger partial charge < -0.3 is 10.2 Å². The maximum atomic E-state index is 13.9. The maximum absolute atomic E-state index is 13.9. The van der Waals surface area contributed by atoms with Crippen LogP contribution >= 0.6 is 15.9 Å². The fraction of sp³-hybridized carbons (Fsp3) is 0.261. The highest BCUT2D eigenvalue weighted by molar-refractivity contribution is 9.10. The van der Waals surface area contributed by atoms with Crippen molar-refractivity contribution in [2.75, 3.05) is 11.4 Å². The molecule has 2 amide bonds. The number of carbonyl (C=O) groups is 2. The van der Waals surface area contributed by atoms with Gasteiger partial charge in [-0.25, -0.2) is 4.68 Å². The third-order valence-electron chi connectivity index (χ3n) is 5.56. The smallest absolute Gasteiger partial charge is 0.344 e. The summed E-state index contributed by atoms with van der Waals surface area (Å²) in [5, 5.41) is 5.41. The van der Waals surface area contributed by atoms with E-state index in [0.717, 1.165) is 9.15 Å². The van der Waals surface area contributed by atoms with Crippen LogP contribution in [0.4, 0.5) is 32.0 Å². The molecule has 0 saturated heterocycles. The molecule has 4 rings (SSSR count). The number of hydrogen-bond acceptors (Lipinski definition) is 3. The van der Waals surface area contributed by atoms with Crippen LogP contribution in [-0.2, 0) is 23.9 Å². The summed E-state index contributed by atoms with van der Waals surface area (Å²) in [6.07, 6.45) is -9.87.